The predicted molar refractivity (Wildman–Crippen MR) is 72.2 cm³/mol. The smallest absolute Gasteiger partial charge is 0.322 e. The van der Waals surface area contributed by atoms with Crippen molar-refractivity contribution in [2.75, 3.05) is 37.5 Å². The van der Waals surface area contributed by atoms with Gasteiger partial charge in [0.15, 0.2) is 0 Å². The molecule has 0 unspecified atom stereocenters. The van der Waals surface area contributed by atoms with Gasteiger partial charge in [-0.2, -0.15) is 15.0 Å². The first kappa shape index (κ1) is 14.9. The van der Waals surface area contributed by atoms with Gasteiger partial charge < -0.3 is 20.7 Å². The molecule has 1 aromatic heterocycles. The summed E-state index contributed by atoms with van der Waals surface area (Å²) in [4.78, 5) is 25.2. The van der Waals surface area contributed by atoms with Crippen LogP contribution in [0.4, 0.5) is 11.9 Å². The number of aromatic nitrogens is 3. The van der Waals surface area contributed by atoms with Gasteiger partial charge in [-0.3, -0.25) is 4.79 Å². The Labute approximate surface area is 112 Å². The largest absolute Gasteiger partial charge is 0.467 e. The molecule has 1 rings (SSSR count). The highest BCUT2D eigenvalue weighted by atomic mass is 16.5. The minimum atomic E-state index is -0.439. The first-order chi connectivity index (χ1) is 8.96. The summed E-state index contributed by atoms with van der Waals surface area (Å²) in [6.45, 7) is 4.73. The third kappa shape index (κ3) is 4.57. The van der Waals surface area contributed by atoms with Crippen molar-refractivity contribution < 1.29 is 9.53 Å². The standard InChI is InChI=1S/C11H20N6O2/c1-7(2)5-17(6-8(12)18)10-14-9(13-3)15-11(16-10)19-4/h7H,5-6H2,1-4H3,(H2,12,18)(H,13,14,15,16). The highest BCUT2D eigenvalue weighted by Crippen LogP contribution is 2.15. The maximum absolute atomic E-state index is 11.1. The number of rotatable bonds is 7. The van der Waals surface area contributed by atoms with Crippen molar-refractivity contribution >= 4 is 17.8 Å². The van der Waals surface area contributed by atoms with Gasteiger partial charge in [0.25, 0.3) is 0 Å². The third-order valence-electron chi connectivity index (χ3n) is 2.22. The first-order valence-corrected chi connectivity index (χ1v) is 5.97. The van der Waals surface area contributed by atoms with Crippen molar-refractivity contribution in [3.05, 3.63) is 0 Å². The topological polar surface area (TPSA) is 106 Å². The van der Waals surface area contributed by atoms with E-state index in [9.17, 15) is 4.79 Å². The summed E-state index contributed by atoms with van der Waals surface area (Å²) in [6, 6.07) is 0.188. The normalized spacial score (nSPS) is 10.4. The van der Waals surface area contributed by atoms with E-state index < -0.39 is 5.91 Å². The number of methoxy groups -OCH3 is 1. The number of carbonyl (C=O) groups excluding carboxylic acids is 1. The van der Waals surface area contributed by atoms with Crippen LogP contribution in [-0.4, -0.2) is 48.1 Å². The molecule has 0 bridgehead atoms. The Kier molecular flexibility index (Phi) is 5.28. The molecule has 8 nitrogen and oxygen atoms in total. The van der Waals surface area contributed by atoms with Crippen LogP contribution < -0.4 is 20.7 Å². The van der Waals surface area contributed by atoms with E-state index in [0.29, 0.717) is 24.4 Å². The quantitative estimate of drug-likeness (QED) is 0.709. The summed E-state index contributed by atoms with van der Waals surface area (Å²) in [5.74, 6) is 0.634. The Balaban J connectivity index is 3.08. The summed E-state index contributed by atoms with van der Waals surface area (Å²) in [5, 5.41) is 2.82. The lowest BCUT2D eigenvalue weighted by Gasteiger charge is -2.23. The SMILES string of the molecule is CNc1nc(OC)nc(N(CC(N)=O)CC(C)C)n1. The molecule has 0 aromatic carbocycles. The highest BCUT2D eigenvalue weighted by molar-refractivity contribution is 5.78. The minimum Gasteiger partial charge on any atom is -0.467 e. The summed E-state index contributed by atoms with van der Waals surface area (Å²) in [7, 11) is 3.17. The highest BCUT2D eigenvalue weighted by Gasteiger charge is 2.16. The van der Waals surface area contributed by atoms with Crippen LogP contribution in [0.2, 0.25) is 0 Å². The zero-order valence-corrected chi connectivity index (χ0v) is 11.7. The number of hydrogen-bond acceptors (Lipinski definition) is 7. The molecule has 0 saturated heterocycles. The molecule has 3 N–H and O–H groups in total. The van der Waals surface area contributed by atoms with Gasteiger partial charge in [-0.25, -0.2) is 0 Å². The molecule has 0 atom stereocenters. The van der Waals surface area contributed by atoms with E-state index in [-0.39, 0.29) is 12.6 Å². The lowest BCUT2D eigenvalue weighted by Crippen LogP contribution is -2.37. The zero-order chi connectivity index (χ0) is 14.4. The van der Waals surface area contributed by atoms with Gasteiger partial charge in [0, 0.05) is 13.6 Å². The van der Waals surface area contributed by atoms with E-state index in [1.54, 1.807) is 11.9 Å². The lowest BCUT2D eigenvalue weighted by atomic mass is 10.2. The molecule has 106 valence electrons. The van der Waals surface area contributed by atoms with Crippen LogP contribution in [0, 0.1) is 5.92 Å². The fourth-order valence-electron chi connectivity index (χ4n) is 1.54. The summed E-state index contributed by atoms with van der Waals surface area (Å²) in [5.41, 5.74) is 5.25. The van der Waals surface area contributed by atoms with Crippen LogP contribution >= 0.6 is 0 Å². The van der Waals surface area contributed by atoms with Crippen LogP contribution in [0.1, 0.15) is 13.8 Å². The van der Waals surface area contributed by atoms with Gasteiger partial charge in [0.1, 0.15) is 0 Å². The maximum atomic E-state index is 11.1. The molecule has 1 amide bonds. The van der Waals surface area contributed by atoms with E-state index in [1.807, 2.05) is 13.8 Å². The van der Waals surface area contributed by atoms with E-state index in [2.05, 4.69) is 20.3 Å². The van der Waals surface area contributed by atoms with Crippen molar-refractivity contribution in [1.82, 2.24) is 15.0 Å². The minimum absolute atomic E-state index is 0.0501. The molecule has 0 saturated carbocycles. The number of carbonyl (C=O) groups is 1. The van der Waals surface area contributed by atoms with Crippen molar-refractivity contribution in [3.8, 4) is 6.01 Å². The van der Waals surface area contributed by atoms with Crippen LogP contribution in [0.15, 0.2) is 0 Å². The fraction of sp³-hybridized carbons (Fsp3) is 0.636. The van der Waals surface area contributed by atoms with Crippen molar-refractivity contribution in [2.24, 2.45) is 11.7 Å². The fourth-order valence-corrected chi connectivity index (χ4v) is 1.54. The molecule has 1 aromatic rings. The second-order valence-corrected chi connectivity index (χ2v) is 4.44. The average Bonchev–Trinajstić information content (AvgIpc) is 2.36. The Morgan fingerprint density at radius 1 is 1.42 bits per heavy atom. The van der Waals surface area contributed by atoms with E-state index in [4.69, 9.17) is 10.5 Å². The number of amides is 1. The van der Waals surface area contributed by atoms with E-state index in [0.717, 1.165) is 0 Å². The predicted octanol–water partition coefficient (Wildman–Crippen LogP) is -0.130. The molecule has 8 heteroatoms. The number of primary amides is 1. The third-order valence-corrected chi connectivity index (χ3v) is 2.22. The molecular formula is C11H20N6O2. The zero-order valence-electron chi connectivity index (χ0n) is 11.7. The summed E-state index contributed by atoms with van der Waals surface area (Å²) >= 11 is 0. The Hall–Kier alpha value is -2.12. The molecule has 19 heavy (non-hydrogen) atoms. The van der Waals surface area contributed by atoms with Crippen molar-refractivity contribution in [1.29, 1.82) is 0 Å². The van der Waals surface area contributed by atoms with Gasteiger partial charge in [0.2, 0.25) is 17.8 Å². The van der Waals surface area contributed by atoms with Gasteiger partial charge in [-0.1, -0.05) is 13.8 Å². The number of anilines is 2. The number of nitrogens with zero attached hydrogens (tertiary/aromatic N) is 4. The molecule has 0 aliphatic carbocycles. The van der Waals surface area contributed by atoms with Crippen LogP contribution in [-0.2, 0) is 4.79 Å². The second-order valence-electron chi connectivity index (χ2n) is 4.44. The van der Waals surface area contributed by atoms with Crippen LogP contribution in [0.25, 0.3) is 0 Å². The van der Waals surface area contributed by atoms with Crippen molar-refractivity contribution in [2.45, 2.75) is 13.8 Å². The first-order valence-electron chi connectivity index (χ1n) is 5.97. The molecule has 1 heterocycles. The van der Waals surface area contributed by atoms with Crippen LogP contribution in [0.5, 0.6) is 6.01 Å². The Morgan fingerprint density at radius 2 is 2.11 bits per heavy atom. The lowest BCUT2D eigenvalue weighted by molar-refractivity contribution is -0.116. The molecule has 0 fully saturated rings. The molecule has 0 aliphatic rings. The number of hydrogen-bond donors (Lipinski definition) is 2. The van der Waals surface area contributed by atoms with E-state index in [1.165, 1.54) is 7.11 Å². The second kappa shape index (κ2) is 6.72. The molecule has 0 radical (unpaired) electrons. The van der Waals surface area contributed by atoms with Gasteiger partial charge >= 0.3 is 6.01 Å². The number of nitrogens with one attached hydrogen (secondary N) is 1. The number of nitrogens with two attached hydrogens (primary N) is 1. The van der Waals surface area contributed by atoms with E-state index >= 15 is 0 Å². The molecular weight excluding hydrogens is 248 g/mol. The molecule has 0 aliphatic heterocycles. The molecule has 0 spiro atoms. The monoisotopic (exact) mass is 268 g/mol. The average molecular weight is 268 g/mol. The van der Waals surface area contributed by atoms with Gasteiger partial charge in [-0.15, -0.1) is 0 Å². The van der Waals surface area contributed by atoms with Gasteiger partial charge in [0.05, 0.1) is 13.7 Å². The van der Waals surface area contributed by atoms with Gasteiger partial charge in [-0.05, 0) is 5.92 Å². The summed E-state index contributed by atoms with van der Waals surface area (Å²) < 4.78 is 5.01. The number of ether oxygens (including phenoxy) is 1. The maximum Gasteiger partial charge on any atom is 0.322 e. The Bertz CT molecular complexity index is 415. The Morgan fingerprint density at radius 3 is 2.58 bits per heavy atom. The summed E-state index contributed by atoms with van der Waals surface area (Å²) in [6.07, 6.45) is 0. The van der Waals surface area contributed by atoms with Crippen molar-refractivity contribution in [3.63, 3.8) is 0 Å². The van der Waals surface area contributed by atoms with Crippen LogP contribution in [0.3, 0.4) is 0 Å².